The average Bonchev–Trinajstić information content (AvgIpc) is 3.24. The first-order chi connectivity index (χ1) is 16.1. The van der Waals surface area contributed by atoms with E-state index in [1.165, 1.54) is 12.8 Å². The maximum absolute atomic E-state index is 10.9. The molecule has 1 N–H and O–H groups in total. The van der Waals surface area contributed by atoms with E-state index in [4.69, 9.17) is 9.26 Å². The molecule has 1 aromatic carbocycles. The fourth-order valence-corrected chi connectivity index (χ4v) is 4.94. The lowest BCUT2D eigenvalue weighted by Crippen LogP contribution is -2.44. The van der Waals surface area contributed by atoms with Crippen molar-refractivity contribution < 1.29 is 14.4 Å². The summed E-state index contributed by atoms with van der Waals surface area (Å²) in [5.74, 6) is 1.66. The molecule has 0 saturated carbocycles. The number of aromatic nitrogens is 1. The van der Waals surface area contributed by atoms with Crippen LogP contribution in [-0.4, -0.2) is 85.2 Å². The highest BCUT2D eigenvalue weighted by Gasteiger charge is 2.27. The van der Waals surface area contributed by atoms with Gasteiger partial charge < -0.3 is 19.3 Å². The highest BCUT2D eigenvalue weighted by molar-refractivity contribution is 5.68. The molecule has 0 spiro atoms. The van der Waals surface area contributed by atoms with Crippen LogP contribution < -0.4 is 4.90 Å². The number of anilines is 1. The molecule has 7 heteroatoms. The van der Waals surface area contributed by atoms with Gasteiger partial charge in [0.15, 0.2) is 0 Å². The summed E-state index contributed by atoms with van der Waals surface area (Å²) < 4.78 is 11.4. The van der Waals surface area contributed by atoms with Gasteiger partial charge in [-0.25, -0.2) is 0 Å². The average molecular weight is 457 g/mol. The number of benzene rings is 1. The van der Waals surface area contributed by atoms with E-state index >= 15 is 0 Å². The largest absolute Gasteiger partial charge is 0.390 e. The predicted octanol–water partition coefficient (Wildman–Crippen LogP) is 3.48. The lowest BCUT2D eigenvalue weighted by molar-refractivity contribution is 0.00628. The smallest absolute Gasteiger partial charge is 0.232 e. The van der Waals surface area contributed by atoms with Crippen molar-refractivity contribution in [2.24, 2.45) is 5.92 Å². The van der Waals surface area contributed by atoms with Crippen LogP contribution in [0, 0.1) is 5.92 Å². The summed E-state index contributed by atoms with van der Waals surface area (Å²) in [4.78, 5) is 7.02. The monoisotopic (exact) mass is 456 g/mol. The van der Waals surface area contributed by atoms with Crippen LogP contribution in [0.3, 0.4) is 0 Å². The number of nitrogens with zero attached hydrogens (tertiary/aromatic N) is 4. The molecule has 7 nitrogen and oxygen atoms in total. The Morgan fingerprint density at radius 1 is 1.12 bits per heavy atom. The van der Waals surface area contributed by atoms with E-state index < -0.39 is 6.10 Å². The molecule has 33 heavy (non-hydrogen) atoms. The molecule has 2 saturated heterocycles. The number of morpholine rings is 1. The number of ether oxygens (including phenoxy) is 1. The first-order valence-corrected chi connectivity index (χ1v) is 12.6. The van der Waals surface area contributed by atoms with E-state index in [0.29, 0.717) is 13.1 Å². The van der Waals surface area contributed by atoms with Gasteiger partial charge in [-0.05, 0) is 31.7 Å². The predicted molar refractivity (Wildman–Crippen MR) is 131 cm³/mol. The number of hydrogen-bond acceptors (Lipinski definition) is 7. The van der Waals surface area contributed by atoms with Crippen LogP contribution in [0.15, 0.2) is 34.9 Å². The van der Waals surface area contributed by atoms with Gasteiger partial charge in [-0.15, -0.1) is 0 Å². The van der Waals surface area contributed by atoms with E-state index in [1.54, 1.807) is 0 Å². The minimum Gasteiger partial charge on any atom is -0.390 e. The second kappa shape index (κ2) is 12.0. The number of aliphatic hydroxyl groups is 1. The zero-order valence-corrected chi connectivity index (χ0v) is 20.3. The van der Waals surface area contributed by atoms with Crippen LogP contribution >= 0.6 is 0 Å². The SMILES string of the molecule is CCCN(Cc1c(-c2ccccc2)noc1N1CCC(C)CC1)CC(O)CN1CCOCC1. The Kier molecular flexibility index (Phi) is 8.78. The summed E-state index contributed by atoms with van der Waals surface area (Å²) in [7, 11) is 0. The van der Waals surface area contributed by atoms with Crippen molar-refractivity contribution in [3.63, 3.8) is 0 Å². The Hall–Kier alpha value is -1.93. The van der Waals surface area contributed by atoms with Gasteiger partial charge in [0.25, 0.3) is 0 Å². The van der Waals surface area contributed by atoms with E-state index in [0.717, 1.165) is 87.5 Å². The molecular weight excluding hydrogens is 416 g/mol. The fourth-order valence-electron chi connectivity index (χ4n) is 4.94. The minimum atomic E-state index is -0.394. The second-order valence-electron chi connectivity index (χ2n) is 9.65. The van der Waals surface area contributed by atoms with Crippen molar-refractivity contribution >= 4 is 5.88 Å². The zero-order valence-electron chi connectivity index (χ0n) is 20.3. The standard InChI is InChI=1S/C26H40N4O3/c1-3-11-29(19-23(31)18-28-14-16-32-17-15-28)20-24-25(22-7-5-4-6-8-22)27-33-26(24)30-12-9-21(2)10-13-30/h4-8,21,23,31H,3,9-20H2,1-2H3. The van der Waals surface area contributed by atoms with Crippen molar-refractivity contribution in [3.8, 4) is 11.3 Å². The van der Waals surface area contributed by atoms with E-state index in [1.807, 2.05) is 18.2 Å². The van der Waals surface area contributed by atoms with Gasteiger partial charge in [0.1, 0.15) is 5.69 Å². The lowest BCUT2D eigenvalue weighted by atomic mass is 9.98. The molecule has 0 bridgehead atoms. The Balaban J connectivity index is 1.53. The Labute approximate surface area is 198 Å². The molecule has 3 heterocycles. The van der Waals surface area contributed by atoms with Gasteiger partial charge >= 0.3 is 0 Å². The normalized spacial score (nSPS) is 19.3. The minimum absolute atomic E-state index is 0.394. The van der Waals surface area contributed by atoms with Gasteiger partial charge in [0.05, 0.1) is 24.9 Å². The summed E-state index contributed by atoms with van der Waals surface area (Å²) in [6, 6.07) is 10.3. The molecule has 0 radical (unpaired) electrons. The van der Waals surface area contributed by atoms with Gasteiger partial charge in [-0.1, -0.05) is 49.3 Å². The molecule has 1 unspecified atom stereocenters. The Morgan fingerprint density at radius 2 is 1.85 bits per heavy atom. The molecule has 182 valence electrons. The van der Waals surface area contributed by atoms with Crippen LogP contribution in [0.1, 0.15) is 38.7 Å². The highest BCUT2D eigenvalue weighted by atomic mass is 16.5. The molecule has 2 aromatic rings. The van der Waals surface area contributed by atoms with E-state index in [9.17, 15) is 5.11 Å². The molecule has 1 atom stereocenters. The molecule has 0 amide bonds. The van der Waals surface area contributed by atoms with Crippen LogP contribution in [0.2, 0.25) is 0 Å². The van der Waals surface area contributed by atoms with Crippen molar-refractivity contribution in [1.82, 2.24) is 15.0 Å². The van der Waals surface area contributed by atoms with Crippen LogP contribution in [0.5, 0.6) is 0 Å². The summed E-state index contributed by atoms with van der Waals surface area (Å²) in [6.45, 7) is 12.8. The van der Waals surface area contributed by atoms with Gasteiger partial charge in [0, 0.05) is 51.4 Å². The molecule has 1 aromatic heterocycles. The molecule has 4 rings (SSSR count). The van der Waals surface area contributed by atoms with Crippen molar-refractivity contribution in [2.75, 3.05) is 63.9 Å². The molecule has 2 aliphatic heterocycles. The van der Waals surface area contributed by atoms with Crippen LogP contribution in [0.25, 0.3) is 11.3 Å². The van der Waals surface area contributed by atoms with Crippen molar-refractivity contribution in [2.45, 2.75) is 45.8 Å². The van der Waals surface area contributed by atoms with Crippen LogP contribution in [-0.2, 0) is 11.3 Å². The summed E-state index contributed by atoms with van der Waals surface area (Å²) in [6.07, 6.45) is 3.00. The molecular formula is C26H40N4O3. The summed E-state index contributed by atoms with van der Waals surface area (Å²) in [5, 5.41) is 15.4. The van der Waals surface area contributed by atoms with Gasteiger partial charge in [-0.3, -0.25) is 9.80 Å². The summed E-state index contributed by atoms with van der Waals surface area (Å²) in [5.41, 5.74) is 3.15. The maximum atomic E-state index is 10.9. The first kappa shape index (κ1) is 24.2. The first-order valence-electron chi connectivity index (χ1n) is 12.6. The molecule has 2 fully saturated rings. The summed E-state index contributed by atoms with van der Waals surface area (Å²) >= 11 is 0. The second-order valence-corrected chi connectivity index (χ2v) is 9.65. The van der Waals surface area contributed by atoms with Gasteiger partial charge in [0.2, 0.25) is 5.88 Å². The highest BCUT2D eigenvalue weighted by Crippen LogP contribution is 2.34. The Morgan fingerprint density at radius 3 is 2.55 bits per heavy atom. The Bertz CT molecular complexity index is 829. The van der Waals surface area contributed by atoms with Gasteiger partial charge in [-0.2, -0.15) is 0 Å². The van der Waals surface area contributed by atoms with Crippen molar-refractivity contribution in [3.05, 3.63) is 35.9 Å². The van der Waals surface area contributed by atoms with Crippen molar-refractivity contribution in [1.29, 1.82) is 0 Å². The maximum Gasteiger partial charge on any atom is 0.232 e. The fraction of sp³-hybridized carbons (Fsp3) is 0.654. The zero-order chi connectivity index (χ0) is 23.0. The van der Waals surface area contributed by atoms with E-state index in [-0.39, 0.29) is 0 Å². The van der Waals surface area contributed by atoms with E-state index in [2.05, 4.69) is 45.8 Å². The number of aliphatic hydroxyl groups excluding tert-OH is 1. The van der Waals surface area contributed by atoms with Crippen LogP contribution in [0.4, 0.5) is 5.88 Å². The number of piperidine rings is 1. The number of hydrogen-bond donors (Lipinski definition) is 1. The lowest BCUT2D eigenvalue weighted by Gasteiger charge is -2.32. The third kappa shape index (κ3) is 6.57. The third-order valence-electron chi connectivity index (χ3n) is 6.85. The molecule has 2 aliphatic rings. The topological polar surface area (TPSA) is 65.2 Å². The number of rotatable bonds is 10. The molecule has 0 aliphatic carbocycles. The quantitative estimate of drug-likeness (QED) is 0.587. The third-order valence-corrected chi connectivity index (χ3v) is 6.85. The number of β-amino-alcohol motifs (C(OH)–C–C–N with tert-alkyl or cyclic N) is 1.